The normalized spacial score (nSPS) is 26.0. The molecule has 0 bridgehead atoms. The van der Waals surface area contributed by atoms with Gasteiger partial charge < -0.3 is 48.8 Å². The number of esters is 2. The Morgan fingerprint density at radius 1 is 1.07 bits per heavy atom. The molecule has 43 heavy (non-hydrogen) atoms. The van der Waals surface area contributed by atoms with E-state index in [0.717, 1.165) is 18.7 Å². The minimum Gasteiger partial charge on any atom is -0.496 e. The number of hydrogen-bond donors (Lipinski definition) is 4. The summed E-state index contributed by atoms with van der Waals surface area (Å²) < 4.78 is 32.8. The van der Waals surface area contributed by atoms with Gasteiger partial charge in [0.25, 0.3) is 0 Å². The summed E-state index contributed by atoms with van der Waals surface area (Å²) in [7, 11) is 1.44. The van der Waals surface area contributed by atoms with Gasteiger partial charge >= 0.3 is 17.9 Å². The van der Waals surface area contributed by atoms with E-state index in [1.807, 2.05) is 13.0 Å². The Labute approximate surface area is 248 Å². The first-order valence-electron chi connectivity index (χ1n) is 14.1. The van der Waals surface area contributed by atoms with Gasteiger partial charge in [0, 0.05) is 37.2 Å². The van der Waals surface area contributed by atoms with E-state index in [1.165, 1.54) is 7.11 Å². The average Bonchev–Trinajstić information content (AvgIpc) is 3.38. The van der Waals surface area contributed by atoms with E-state index in [4.69, 9.17) is 28.4 Å². The molecule has 1 aromatic carbocycles. The number of aliphatic hydroxyl groups excluding tert-OH is 3. The van der Waals surface area contributed by atoms with Gasteiger partial charge in [-0.2, -0.15) is 0 Å². The molecule has 0 radical (unpaired) electrons. The van der Waals surface area contributed by atoms with Crippen molar-refractivity contribution >= 4 is 17.9 Å². The van der Waals surface area contributed by atoms with Gasteiger partial charge in [-0.3, -0.25) is 9.69 Å². The molecule has 1 aromatic rings. The monoisotopic (exact) mass is 609 g/mol. The summed E-state index contributed by atoms with van der Waals surface area (Å²) in [6.07, 6.45) is -6.72. The van der Waals surface area contributed by atoms with Crippen molar-refractivity contribution in [3.8, 4) is 11.5 Å². The van der Waals surface area contributed by atoms with Gasteiger partial charge in [0.2, 0.25) is 6.29 Å². The maximum atomic E-state index is 12.8. The van der Waals surface area contributed by atoms with Gasteiger partial charge in [-0.25, -0.2) is 9.59 Å². The van der Waals surface area contributed by atoms with Gasteiger partial charge in [0.1, 0.15) is 48.6 Å². The summed E-state index contributed by atoms with van der Waals surface area (Å²) in [5, 5.41) is 40.3. The van der Waals surface area contributed by atoms with Crippen LogP contribution in [0.2, 0.25) is 0 Å². The highest BCUT2D eigenvalue weighted by atomic mass is 16.7. The number of carbonyl (C=O) groups is 3. The third kappa shape index (κ3) is 7.45. The summed E-state index contributed by atoms with van der Waals surface area (Å²) in [6, 6.07) is 0. The number of carbonyl (C=O) groups excluding carboxylic acids is 2. The molecule has 3 heterocycles. The lowest BCUT2D eigenvalue weighted by molar-refractivity contribution is -0.271. The Hall–Kier alpha value is -3.27. The second-order valence-electron chi connectivity index (χ2n) is 10.7. The SMILES string of the molecule is COc1c(C)c2c(c(O[C@@H]3O[C@H](C(=O)O)[C@@H](O)[C@H](O)[C@H]3O)c1C/C=C(\C)CCC(=O)OCCN1CCOCC1)C(=O)OC2. The Balaban J connectivity index is 1.51. The number of carboxylic acid groups (broad SMARTS) is 1. The standard InChI is InChI=1S/C29H39NO13/c1-15(5-7-19(31)40-13-10-30-8-11-39-12-9-30)4-6-17-24(38-3)16(2)18-14-41-28(37)20(18)25(17)42-29-23(34)21(32)22(33)26(43-29)27(35)36/h4,21-23,26,29,32-34H,5-14H2,1-3H3,(H,35,36)/b15-4+/t21-,22-,23+,26-,29+/m0/s1. The van der Waals surface area contributed by atoms with E-state index in [0.29, 0.717) is 55.2 Å². The van der Waals surface area contributed by atoms with Crippen LogP contribution in [0.15, 0.2) is 11.6 Å². The van der Waals surface area contributed by atoms with Crippen molar-refractivity contribution < 1.29 is 63.2 Å². The van der Waals surface area contributed by atoms with Crippen LogP contribution in [0.4, 0.5) is 0 Å². The van der Waals surface area contributed by atoms with Crippen LogP contribution >= 0.6 is 0 Å². The van der Waals surface area contributed by atoms with Crippen LogP contribution in [0.25, 0.3) is 0 Å². The van der Waals surface area contributed by atoms with E-state index >= 15 is 0 Å². The number of allylic oxidation sites excluding steroid dienone is 2. The number of hydrogen-bond acceptors (Lipinski definition) is 13. The molecule has 0 aliphatic carbocycles. The van der Waals surface area contributed by atoms with Crippen LogP contribution in [-0.2, 0) is 41.6 Å². The highest BCUT2D eigenvalue weighted by Gasteiger charge is 2.49. The van der Waals surface area contributed by atoms with Crippen molar-refractivity contribution in [1.29, 1.82) is 0 Å². The van der Waals surface area contributed by atoms with Crippen molar-refractivity contribution in [2.75, 3.05) is 46.6 Å². The first-order valence-corrected chi connectivity index (χ1v) is 14.1. The summed E-state index contributed by atoms with van der Waals surface area (Å²) in [4.78, 5) is 38.9. The molecule has 14 heteroatoms. The third-order valence-electron chi connectivity index (χ3n) is 7.83. The summed E-state index contributed by atoms with van der Waals surface area (Å²) >= 11 is 0. The van der Waals surface area contributed by atoms with Gasteiger partial charge in [-0.15, -0.1) is 0 Å². The number of fused-ring (bicyclic) bond motifs is 1. The zero-order chi connectivity index (χ0) is 31.3. The van der Waals surface area contributed by atoms with Crippen LogP contribution in [0.5, 0.6) is 11.5 Å². The first kappa shape index (κ1) is 32.6. The maximum absolute atomic E-state index is 12.8. The fourth-order valence-corrected chi connectivity index (χ4v) is 5.27. The van der Waals surface area contributed by atoms with Crippen LogP contribution in [0, 0.1) is 6.92 Å². The van der Waals surface area contributed by atoms with Gasteiger partial charge in [-0.1, -0.05) is 11.6 Å². The molecule has 14 nitrogen and oxygen atoms in total. The highest BCUT2D eigenvalue weighted by molar-refractivity contribution is 5.98. The lowest BCUT2D eigenvalue weighted by Gasteiger charge is -2.39. The summed E-state index contributed by atoms with van der Waals surface area (Å²) in [5.41, 5.74) is 2.41. The van der Waals surface area contributed by atoms with Crippen molar-refractivity contribution in [3.63, 3.8) is 0 Å². The fraction of sp³-hybridized carbons (Fsp3) is 0.621. The van der Waals surface area contributed by atoms with Crippen molar-refractivity contribution in [1.82, 2.24) is 4.90 Å². The van der Waals surface area contributed by atoms with Gasteiger partial charge in [0.05, 0.1) is 20.3 Å². The molecule has 0 aromatic heterocycles. The molecule has 0 spiro atoms. The molecule has 5 atom stereocenters. The van der Waals surface area contributed by atoms with E-state index in [2.05, 4.69) is 4.90 Å². The molecule has 3 aliphatic heterocycles. The van der Waals surface area contributed by atoms with Crippen molar-refractivity contribution in [2.24, 2.45) is 0 Å². The second kappa shape index (κ2) is 14.5. The number of ether oxygens (including phenoxy) is 6. The smallest absolute Gasteiger partial charge is 0.342 e. The molecule has 2 saturated heterocycles. The molecule has 0 amide bonds. The minimum atomic E-state index is -1.91. The van der Waals surface area contributed by atoms with E-state index in [-0.39, 0.29) is 36.7 Å². The molecular weight excluding hydrogens is 570 g/mol. The zero-order valence-corrected chi connectivity index (χ0v) is 24.4. The second-order valence-corrected chi connectivity index (χ2v) is 10.7. The molecular formula is C29H39NO13. The number of morpholine rings is 1. The quantitative estimate of drug-likeness (QED) is 0.184. The van der Waals surface area contributed by atoms with Crippen molar-refractivity contribution in [2.45, 2.75) is 70.4 Å². The molecule has 3 aliphatic rings. The first-order chi connectivity index (χ1) is 20.5. The Kier molecular flexibility index (Phi) is 11.0. The molecule has 4 rings (SSSR count). The van der Waals surface area contributed by atoms with Crippen LogP contribution in [0.1, 0.15) is 46.8 Å². The van der Waals surface area contributed by atoms with E-state index in [1.54, 1.807) is 6.92 Å². The number of aliphatic carboxylic acids is 1. The number of carboxylic acids is 1. The van der Waals surface area contributed by atoms with Gasteiger partial charge in [0.15, 0.2) is 6.10 Å². The highest BCUT2D eigenvalue weighted by Crippen LogP contribution is 2.44. The largest absolute Gasteiger partial charge is 0.496 e. The predicted octanol–water partition coefficient (Wildman–Crippen LogP) is 0.0894. The third-order valence-corrected chi connectivity index (χ3v) is 7.83. The lowest BCUT2D eigenvalue weighted by Crippen LogP contribution is -2.61. The molecule has 238 valence electrons. The number of cyclic esters (lactones) is 1. The van der Waals surface area contributed by atoms with Crippen LogP contribution in [0.3, 0.4) is 0 Å². The zero-order valence-electron chi connectivity index (χ0n) is 24.4. The number of benzene rings is 1. The fourth-order valence-electron chi connectivity index (χ4n) is 5.27. The van der Waals surface area contributed by atoms with Gasteiger partial charge in [-0.05, 0) is 32.3 Å². The predicted molar refractivity (Wildman–Crippen MR) is 147 cm³/mol. The van der Waals surface area contributed by atoms with Crippen LogP contribution < -0.4 is 9.47 Å². The Bertz CT molecular complexity index is 1230. The maximum Gasteiger partial charge on any atom is 0.342 e. The topological polar surface area (TPSA) is 191 Å². The van der Waals surface area contributed by atoms with E-state index in [9.17, 15) is 34.8 Å². The molecule has 2 fully saturated rings. The Morgan fingerprint density at radius 2 is 1.79 bits per heavy atom. The minimum absolute atomic E-state index is 0.0529. The number of methoxy groups -OCH3 is 1. The molecule has 4 N–H and O–H groups in total. The summed E-state index contributed by atoms with van der Waals surface area (Å²) in [5.74, 6) is -2.28. The Morgan fingerprint density at radius 3 is 2.47 bits per heavy atom. The summed E-state index contributed by atoms with van der Waals surface area (Å²) in [6.45, 7) is 7.44. The number of rotatable bonds is 12. The number of aliphatic hydroxyl groups is 3. The lowest BCUT2D eigenvalue weighted by atomic mass is 9.94. The average molecular weight is 610 g/mol. The number of nitrogens with zero attached hydrogens (tertiary/aromatic N) is 1. The van der Waals surface area contributed by atoms with Crippen LogP contribution in [-0.4, -0.2) is 121 Å². The molecule has 0 saturated carbocycles. The van der Waals surface area contributed by atoms with E-state index < -0.39 is 42.6 Å². The molecule has 0 unspecified atom stereocenters. The van der Waals surface area contributed by atoms with Crippen molar-refractivity contribution in [3.05, 3.63) is 33.9 Å².